The minimum atomic E-state index is -0.356. The third-order valence-corrected chi connectivity index (χ3v) is 6.91. The third kappa shape index (κ3) is 4.64. The smallest absolute Gasteiger partial charge is 0.269 e. The van der Waals surface area contributed by atoms with Crippen LogP contribution < -0.4 is 10.9 Å². The number of piperidine rings is 1. The van der Waals surface area contributed by atoms with Gasteiger partial charge in [-0.05, 0) is 61.6 Å². The number of nitrogens with one attached hydrogen (secondary N) is 2. The van der Waals surface area contributed by atoms with E-state index in [1.165, 1.54) is 23.2 Å². The second-order valence-electron chi connectivity index (χ2n) is 8.13. The van der Waals surface area contributed by atoms with Crippen LogP contribution in [0.1, 0.15) is 18.5 Å². The van der Waals surface area contributed by atoms with Gasteiger partial charge in [0, 0.05) is 31.4 Å². The van der Waals surface area contributed by atoms with Crippen molar-refractivity contribution in [3.8, 4) is 10.6 Å². The van der Waals surface area contributed by atoms with Gasteiger partial charge in [-0.2, -0.15) is 5.10 Å². The number of benzene rings is 1. The molecule has 4 aromatic rings. The predicted octanol–water partition coefficient (Wildman–Crippen LogP) is 3.24. The second-order valence-corrected chi connectivity index (χ2v) is 9.08. The zero-order valence-corrected chi connectivity index (χ0v) is 18.4. The summed E-state index contributed by atoms with van der Waals surface area (Å²) in [4.78, 5) is 20.0. The molecule has 2 N–H and O–H groups in total. The molecule has 0 amide bonds. The number of aromatic amines is 1. The molecular formula is C23H25FN6OS. The van der Waals surface area contributed by atoms with Crippen LogP contribution in [0.25, 0.3) is 21.6 Å². The molecule has 0 saturated carbocycles. The van der Waals surface area contributed by atoms with Crippen LogP contribution >= 0.6 is 11.3 Å². The Balaban J connectivity index is 1.12. The van der Waals surface area contributed by atoms with Crippen molar-refractivity contribution in [1.82, 2.24) is 30.0 Å². The first-order valence-corrected chi connectivity index (χ1v) is 11.7. The normalized spacial score (nSPS) is 15.5. The van der Waals surface area contributed by atoms with Crippen molar-refractivity contribution in [2.24, 2.45) is 0 Å². The summed E-state index contributed by atoms with van der Waals surface area (Å²) >= 11 is 1.69. The number of nitrogens with zero attached hydrogens (tertiary/aromatic N) is 4. The largest absolute Gasteiger partial charge is 0.308 e. The second kappa shape index (κ2) is 9.32. The Morgan fingerprint density at radius 2 is 2.06 bits per heavy atom. The summed E-state index contributed by atoms with van der Waals surface area (Å²) in [5, 5.41) is 13.2. The molecule has 0 atom stereocenters. The highest BCUT2D eigenvalue weighted by atomic mass is 32.1. The van der Waals surface area contributed by atoms with E-state index in [2.05, 4.69) is 42.9 Å². The molecule has 7 nitrogen and oxygen atoms in total. The number of halogens is 1. The molecule has 9 heteroatoms. The maximum atomic E-state index is 13.7. The Morgan fingerprint density at radius 1 is 1.19 bits per heavy atom. The number of rotatable bonds is 7. The fraction of sp³-hybridized carbons (Fsp3) is 0.348. The quantitative estimate of drug-likeness (QED) is 0.450. The van der Waals surface area contributed by atoms with Crippen LogP contribution in [0, 0.1) is 5.82 Å². The maximum absolute atomic E-state index is 13.7. The van der Waals surface area contributed by atoms with Crippen molar-refractivity contribution in [2.75, 3.05) is 19.6 Å². The first-order chi connectivity index (χ1) is 15.7. The highest BCUT2D eigenvalue weighted by molar-refractivity contribution is 7.13. The lowest BCUT2D eigenvalue weighted by Crippen LogP contribution is -2.43. The van der Waals surface area contributed by atoms with E-state index in [1.807, 2.05) is 6.07 Å². The van der Waals surface area contributed by atoms with Gasteiger partial charge in [-0.1, -0.05) is 6.07 Å². The standard InChI is InChI=1S/C23H25FN6OS/c24-16-3-4-19-21(12-16)30(23(31)15-26-19)10-9-29-7-5-17(6-8-29)25-14-18-13-20(28-27-18)22-2-1-11-32-22/h1-4,11-13,15,17,25H,5-10,14H2,(H,27,28). The van der Waals surface area contributed by atoms with Crippen molar-refractivity contribution >= 4 is 22.4 Å². The van der Waals surface area contributed by atoms with Crippen molar-refractivity contribution < 1.29 is 4.39 Å². The Kier molecular flexibility index (Phi) is 6.11. The monoisotopic (exact) mass is 452 g/mol. The van der Waals surface area contributed by atoms with Crippen molar-refractivity contribution in [1.29, 1.82) is 0 Å². The van der Waals surface area contributed by atoms with Gasteiger partial charge >= 0.3 is 0 Å². The van der Waals surface area contributed by atoms with Gasteiger partial charge in [-0.25, -0.2) is 9.37 Å². The Morgan fingerprint density at radius 3 is 2.88 bits per heavy atom. The topological polar surface area (TPSA) is 78.8 Å². The van der Waals surface area contributed by atoms with Crippen molar-refractivity contribution in [2.45, 2.75) is 32.0 Å². The number of fused-ring (bicyclic) bond motifs is 1. The maximum Gasteiger partial charge on any atom is 0.269 e. The average molecular weight is 453 g/mol. The molecule has 1 saturated heterocycles. The molecule has 166 valence electrons. The van der Waals surface area contributed by atoms with Crippen LogP contribution in [-0.2, 0) is 13.1 Å². The van der Waals surface area contributed by atoms with E-state index < -0.39 is 0 Å². The van der Waals surface area contributed by atoms with Crippen LogP contribution in [0.2, 0.25) is 0 Å². The Bertz CT molecular complexity index is 1240. The van der Waals surface area contributed by atoms with Gasteiger partial charge in [-0.3, -0.25) is 9.89 Å². The lowest BCUT2D eigenvalue weighted by atomic mass is 10.0. The number of aromatic nitrogens is 4. The van der Waals surface area contributed by atoms with E-state index in [1.54, 1.807) is 22.0 Å². The molecule has 3 aromatic heterocycles. The molecule has 0 bridgehead atoms. The number of thiophene rings is 1. The fourth-order valence-corrected chi connectivity index (χ4v) is 4.91. The summed E-state index contributed by atoms with van der Waals surface area (Å²) in [5.41, 5.74) is 3.07. The summed E-state index contributed by atoms with van der Waals surface area (Å²) in [6, 6.07) is 11.0. The molecule has 1 aliphatic rings. The van der Waals surface area contributed by atoms with Gasteiger partial charge in [0.2, 0.25) is 0 Å². The predicted molar refractivity (Wildman–Crippen MR) is 124 cm³/mol. The summed E-state index contributed by atoms with van der Waals surface area (Å²) in [7, 11) is 0. The molecule has 1 aromatic carbocycles. The summed E-state index contributed by atoms with van der Waals surface area (Å²) < 4.78 is 15.3. The molecule has 1 aliphatic heterocycles. The highest BCUT2D eigenvalue weighted by Gasteiger charge is 2.19. The Hall–Kier alpha value is -2.88. The molecule has 4 heterocycles. The van der Waals surface area contributed by atoms with Gasteiger partial charge in [0.25, 0.3) is 5.56 Å². The highest BCUT2D eigenvalue weighted by Crippen LogP contribution is 2.23. The van der Waals surface area contributed by atoms with Crippen molar-refractivity contribution in [3.63, 3.8) is 0 Å². The minimum absolute atomic E-state index is 0.193. The minimum Gasteiger partial charge on any atom is -0.308 e. The summed E-state index contributed by atoms with van der Waals surface area (Å²) in [5.74, 6) is -0.356. The van der Waals surface area contributed by atoms with Crippen molar-refractivity contribution in [3.05, 3.63) is 69.8 Å². The molecule has 1 fully saturated rings. The summed E-state index contributed by atoms with van der Waals surface area (Å²) in [6.07, 6.45) is 3.41. The molecule has 0 aliphatic carbocycles. The molecular weight excluding hydrogens is 427 g/mol. The van der Waals surface area contributed by atoms with E-state index in [9.17, 15) is 9.18 Å². The van der Waals surface area contributed by atoms with E-state index in [4.69, 9.17) is 0 Å². The lowest BCUT2D eigenvalue weighted by molar-refractivity contribution is 0.191. The molecule has 5 rings (SSSR count). The number of hydrogen-bond acceptors (Lipinski definition) is 6. The van der Waals surface area contributed by atoms with Gasteiger partial charge < -0.3 is 14.8 Å². The van der Waals surface area contributed by atoms with Gasteiger partial charge in [0.1, 0.15) is 11.5 Å². The number of hydrogen-bond donors (Lipinski definition) is 2. The number of H-pyrrole nitrogens is 1. The van der Waals surface area contributed by atoms with Crippen LogP contribution in [-0.4, -0.2) is 50.3 Å². The zero-order chi connectivity index (χ0) is 21.9. The molecule has 0 unspecified atom stereocenters. The van der Waals surface area contributed by atoms with Crippen LogP contribution in [0.15, 0.2) is 52.8 Å². The number of likely N-dealkylation sites (tertiary alicyclic amines) is 1. The van der Waals surface area contributed by atoms with E-state index in [-0.39, 0.29) is 11.4 Å². The first-order valence-electron chi connectivity index (χ1n) is 10.8. The third-order valence-electron chi connectivity index (χ3n) is 6.02. The van der Waals surface area contributed by atoms with Crippen LogP contribution in [0.4, 0.5) is 4.39 Å². The zero-order valence-electron chi connectivity index (χ0n) is 17.6. The van der Waals surface area contributed by atoms with Gasteiger partial charge in [0.15, 0.2) is 0 Å². The van der Waals surface area contributed by atoms with Gasteiger partial charge in [-0.15, -0.1) is 11.3 Å². The molecule has 32 heavy (non-hydrogen) atoms. The van der Waals surface area contributed by atoms with E-state index >= 15 is 0 Å². The SMILES string of the molecule is O=c1cnc2ccc(F)cc2n1CCN1CCC(NCc2cc(-c3cccs3)n[nH]2)CC1. The fourth-order valence-electron chi connectivity index (χ4n) is 4.22. The van der Waals surface area contributed by atoms with E-state index in [0.717, 1.165) is 50.4 Å². The van der Waals surface area contributed by atoms with E-state index in [0.29, 0.717) is 23.6 Å². The Labute approximate surface area is 188 Å². The first kappa shape index (κ1) is 21.0. The molecule has 0 spiro atoms. The van der Waals surface area contributed by atoms with Gasteiger partial charge in [0.05, 0.1) is 22.1 Å². The average Bonchev–Trinajstić information content (AvgIpc) is 3.50. The summed E-state index contributed by atoms with van der Waals surface area (Å²) in [6.45, 7) is 3.99. The van der Waals surface area contributed by atoms with Crippen LogP contribution in [0.3, 0.4) is 0 Å². The van der Waals surface area contributed by atoms with Crippen LogP contribution in [0.5, 0.6) is 0 Å². The lowest BCUT2D eigenvalue weighted by Gasteiger charge is -2.32. The molecule has 0 radical (unpaired) electrons.